The summed E-state index contributed by atoms with van der Waals surface area (Å²) in [6.45, 7) is 1.56. The number of ether oxygens (including phenoxy) is 1. The maximum atomic E-state index is 8.74. The minimum absolute atomic E-state index is 0.151. The van der Waals surface area contributed by atoms with E-state index in [-0.39, 0.29) is 6.61 Å². The van der Waals surface area contributed by atoms with Gasteiger partial charge < -0.3 is 15.2 Å². The van der Waals surface area contributed by atoms with E-state index in [9.17, 15) is 0 Å². The molecule has 0 saturated heterocycles. The highest BCUT2D eigenvalue weighted by molar-refractivity contribution is 9.11. The van der Waals surface area contributed by atoms with E-state index in [1.54, 1.807) is 0 Å². The fraction of sp³-hybridized carbons (Fsp3) is 0.538. The number of rotatable bonds is 7. The lowest BCUT2D eigenvalue weighted by atomic mass is 10.2. The van der Waals surface area contributed by atoms with Gasteiger partial charge in [0, 0.05) is 25.6 Å². The molecule has 1 aromatic carbocycles. The van der Waals surface area contributed by atoms with E-state index < -0.39 is 0 Å². The minimum atomic E-state index is 0.151. The Morgan fingerprint density at radius 1 is 1.28 bits per heavy atom. The summed E-state index contributed by atoms with van der Waals surface area (Å²) in [5.74, 6) is 0.804. The monoisotopic (exact) mass is 377 g/mol. The van der Waals surface area contributed by atoms with Gasteiger partial charge in [-0.2, -0.15) is 0 Å². The van der Waals surface area contributed by atoms with E-state index >= 15 is 0 Å². The van der Waals surface area contributed by atoms with Crippen molar-refractivity contribution in [2.45, 2.75) is 31.8 Å². The van der Waals surface area contributed by atoms with Gasteiger partial charge in [0.05, 0.1) is 15.6 Å². The van der Waals surface area contributed by atoms with Crippen LogP contribution in [0, 0.1) is 0 Å². The van der Waals surface area contributed by atoms with Gasteiger partial charge in [0.25, 0.3) is 0 Å². The predicted molar refractivity (Wildman–Crippen MR) is 78.9 cm³/mol. The van der Waals surface area contributed by atoms with E-state index in [1.807, 2.05) is 0 Å². The second kappa shape index (κ2) is 6.89. The first-order valence-corrected chi connectivity index (χ1v) is 7.74. The van der Waals surface area contributed by atoms with Crippen LogP contribution in [0.25, 0.3) is 0 Å². The maximum Gasteiger partial charge on any atom is 0.147 e. The van der Waals surface area contributed by atoms with Gasteiger partial charge in [-0.1, -0.05) is 0 Å². The summed E-state index contributed by atoms with van der Waals surface area (Å²) in [5.41, 5.74) is 1.23. The van der Waals surface area contributed by atoms with E-state index in [0.717, 1.165) is 21.2 Å². The summed E-state index contributed by atoms with van der Waals surface area (Å²) in [5, 5.41) is 12.2. The molecule has 18 heavy (non-hydrogen) atoms. The molecule has 1 fully saturated rings. The summed E-state index contributed by atoms with van der Waals surface area (Å²) in [7, 11) is 0. The Labute approximate surface area is 124 Å². The normalized spacial score (nSPS) is 14.8. The van der Waals surface area contributed by atoms with E-state index in [4.69, 9.17) is 9.84 Å². The Morgan fingerprint density at radius 2 is 1.94 bits per heavy atom. The second-order valence-electron chi connectivity index (χ2n) is 4.47. The average Bonchev–Trinajstić information content (AvgIpc) is 3.14. The molecule has 0 bridgehead atoms. The van der Waals surface area contributed by atoms with Crippen LogP contribution in [0.2, 0.25) is 0 Å². The third-order valence-electron chi connectivity index (χ3n) is 2.78. The Balaban J connectivity index is 1.97. The molecule has 0 radical (unpaired) electrons. The lowest BCUT2D eigenvalue weighted by Crippen LogP contribution is -2.15. The first-order valence-electron chi connectivity index (χ1n) is 6.15. The van der Waals surface area contributed by atoms with Crippen molar-refractivity contribution in [3.8, 4) is 5.75 Å². The lowest BCUT2D eigenvalue weighted by Gasteiger charge is -2.12. The number of aliphatic hydroxyl groups excluding tert-OH is 1. The minimum Gasteiger partial charge on any atom is -0.491 e. The zero-order chi connectivity index (χ0) is 13.0. The molecule has 0 aliphatic heterocycles. The molecule has 0 unspecified atom stereocenters. The van der Waals surface area contributed by atoms with Crippen LogP contribution in [0.1, 0.15) is 24.8 Å². The quantitative estimate of drug-likeness (QED) is 0.715. The van der Waals surface area contributed by atoms with Crippen molar-refractivity contribution >= 4 is 31.9 Å². The number of hydrogen-bond donors (Lipinski definition) is 2. The van der Waals surface area contributed by atoms with Gasteiger partial charge >= 0.3 is 0 Å². The molecule has 2 N–H and O–H groups in total. The zero-order valence-electron chi connectivity index (χ0n) is 10.1. The highest BCUT2D eigenvalue weighted by atomic mass is 79.9. The summed E-state index contributed by atoms with van der Waals surface area (Å²) < 4.78 is 7.52. The van der Waals surface area contributed by atoms with Crippen LogP contribution < -0.4 is 10.1 Å². The van der Waals surface area contributed by atoms with Crippen LogP contribution in [-0.4, -0.2) is 24.4 Å². The third kappa shape index (κ3) is 4.23. The van der Waals surface area contributed by atoms with Crippen molar-refractivity contribution in [3.05, 3.63) is 26.6 Å². The zero-order valence-corrected chi connectivity index (χ0v) is 13.3. The number of benzene rings is 1. The predicted octanol–water partition coefficient (Wildman–Crippen LogP) is 3.22. The van der Waals surface area contributed by atoms with E-state index in [0.29, 0.717) is 19.1 Å². The smallest absolute Gasteiger partial charge is 0.147 e. The molecule has 0 spiro atoms. The summed E-state index contributed by atoms with van der Waals surface area (Å²) in [6.07, 6.45) is 3.24. The molecule has 1 aliphatic carbocycles. The number of halogens is 2. The first-order chi connectivity index (χ1) is 8.70. The van der Waals surface area contributed by atoms with Gasteiger partial charge in [0.15, 0.2) is 0 Å². The molecule has 1 aliphatic rings. The molecule has 0 amide bonds. The second-order valence-corrected chi connectivity index (χ2v) is 6.18. The molecule has 0 heterocycles. The molecule has 1 saturated carbocycles. The third-order valence-corrected chi connectivity index (χ3v) is 3.96. The Kier molecular flexibility index (Phi) is 5.48. The van der Waals surface area contributed by atoms with Gasteiger partial charge in [0.1, 0.15) is 5.75 Å². The van der Waals surface area contributed by atoms with Gasteiger partial charge in [-0.3, -0.25) is 0 Å². The largest absolute Gasteiger partial charge is 0.491 e. The molecule has 3 nitrogen and oxygen atoms in total. The van der Waals surface area contributed by atoms with Crippen molar-refractivity contribution < 1.29 is 9.84 Å². The summed E-state index contributed by atoms with van der Waals surface area (Å²) in [6, 6.07) is 4.87. The van der Waals surface area contributed by atoms with Gasteiger partial charge in [-0.15, -0.1) is 0 Å². The summed E-state index contributed by atoms with van der Waals surface area (Å²) >= 11 is 7.05. The summed E-state index contributed by atoms with van der Waals surface area (Å²) in [4.78, 5) is 0. The molecule has 5 heteroatoms. The molecule has 0 aromatic heterocycles. The van der Waals surface area contributed by atoms with Crippen LogP contribution in [-0.2, 0) is 6.54 Å². The van der Waals surface area contributed by atoms with Crippen molar-refractivity contribution in [2.75, 3.05) is 13.2 Å². The standard InChI is InChI=1S/C13H17Br2NO2/c14-11-6-9(8-16-10-2-3-10)7-12(15)13(11)18-5-1-4-17/h6-7,10,16-17H,1-5,8H2. The molecular formula is C13H17Br2NO2. The highest BCUT2D eigenvalue weighted by Crippen LogP contribution is 2.35. The van der Waals surface area contributed by atoms with Crippen molar-refractivity contribution in [1.82, 2.24) is 5.32 Å². The van der Waals surface area contributed by atoms with Crippen molar-refractivity contribution in [1.29, 1.82) is 0 Å². The maximum absolute atomic E-state index is 8.74. The van der Waals surface area contributed by atoms with Crippen molar-refractivity contribution in [3.63, 3.8) is 0 Å². The Morgan fingerprint density at radius 3 is 2.50 bits per heavy atom. The number of nitrogens with one attached hydrogen (secondary N) is 1. The average molecular weight is 379 g/mol. The number of hydrogen-bond acceptors (Lipinski definition) is 3. The number of aliphatic hydroxyl groups is 1. The Hall–Kier alpha value is -0.100. The van der Waals surface area contributed by atoms with Gasteiger partial charge in [-0.05, 0) is 62.4 Å². The van der Waals surface area contributed by atoms with Crippen LogP contribution in [0.15, 0.2) is 21.1 Å². The van der Waals surface area contributed by atoms with E-state index in [2.05, 4.69) is 49.3 Å². The fourth-order valence-corrected chi connectivity index (χ4v) is 3.15. The van der Waals surface area contributed by atoms with Gasteiger partial charge in [-0.25, -0.2) is 0 Å². The van der Waals surface area contributed by atoms with Crippen molar-refractivity contribution in [2.24, 2.45) is 0 Å². The van der Waals surface area contributed by atoms with Crippen LogP contribution >= 0.6 is 31.9 Å². The first kappa shape index (κ1) is 14.3. The van der Waals surface area contributed by atoms with Crippen LogP contribution in [0.3, 0.4) is 0 Å². The topological polar surface area (TPSA) is 41.5 Å². The highest BCUT2D eigenvalue weighted by Gasteiger charge is 2.20. The molecule has 100 valence electrons. The molecule has 2 rings (SSSR count). The molecule has 1 aromatic rings. The van der Waals surface area contributed by atoms with Crippen LogP contribution in [0.5, 0.6) is 5.75 Å². The Bertz CT molecular complexity index is 385. The SMILES string of the molecule is OCCCOc1c(Br)cc(CNC2CC2)cc1Br. The molecular weight excluding hydrogens is 362 g/mol. The fourth-order valence-electron chi connectivity index (χ4n) is 1.64. The molecule has 0 atom stereocenters. The van der Waals surface area contributed by atoms with Crippen LogP contribution in [0.4, 0.5) is 0 Å². The van der Waals surface area contributed by atoms with E-state index in [1.165, 1.54) is 18.4 Å². The van der Waals surface area contributed by atoms with Gasteiger partial charge in [0.2, 0.25) is 0 Å². The lowest BCUT2D eigenvalue weighted by molar-refractivity contribution is 0.232.